The molecule has 0 aromatic heterocycles. The van der Waals surface area contributed by atoms with E-state index < -0.39 is 0 Å². The van der Waals surface area contributed by atoms with Crippen LogP contribution in [0.4, 0.5) is 0 Å². The van der Waals surface area contributed by atoms with Crippen LogP contribution in [0.5, 0.6) is 0 Å². The van der Waals surface area contributed by atoms with Crippen LogP contribution in [0.25, 0.3) is 0 Å². The number of hydrogen-bond donors (Lipinski definition) is 0. The Kier molecular flexibility index (Phi) is 3.85. The molecule has 2 aromatic carbocycles. The fraction of sp³-hybridized carbons (Fsp3) is 0.133. The summed E-state index contributed by atoms with van der Waals surface area (Å²) in [6.45, 7) is 6.28. The molecule has 0 amide bonds. The summed E-state index contributed by atoms with van der Waals surface area (Å²) < 4.78 is 1.48. The second-order valence-corrected chi connectivity index (χ2v) is 6.55. The summed E-state index contributed by atoms with van der Waals surface area (Å²) in [6.07, 6.45) is 0. The summed E-state index contributed by atoms with van der Waals surface area (Å²) in [6, 6.07) is 17.2. The Morgan fingerprint density at radius 3 is 2.44 bits per heavy atom. The second kappa shape index (κ2) is 5.36. The number of aryl methyl sites for hydroxylation is 1. The van der Waals surface area contributed by atoms with Crippen molar-refractivity contribution in [3.05, 3.63) is 72.1 Å². The Morgan fingerprint density at radius 1 is 1.00 bits per heavy atom. The number of rotatable bonds is 3. The van der Waals surface area contributed by atoms with Crippen LogP contribution in [-0.4, -0.2) is 15.8 Å². The van der Waals surface area contributed by atoms with Crippen molar-refractivity contribution in [2.75, 3.05) is 0 Å². The zero-order chi connectivity index (χ0) is 11.4. The van der Waals surface area contributed by atoms with Crippen LogP contribution in [0.3, 0.4) is 0 Å². The van der Waals surface area contributed by atoms with Crippen molar-refractivity contribution in [3.8, 4) is 0 Å². The van der Waals surface area contributed by atoms with Crippen LogP contribution < -0.4 is 4.35 Å². The molecule has 1 unspecified atom stereocenters. The first-order valence-electron chi connectivity index (χ1n) is 5.47. The van der Waals surface area contributed by atoms with E-state index >= 15 is 0 Å². The van der Waals surface area contributed by atoms with Crippen molar-refractivity contribution in [2.24, 2.45) is 0 Å². The molecule has 1 radical (unpaired) electrons. The third kappa shape index (κ3) is 2.77. The zero-order valence-electron chi connectivity index (χ0n) is 9.53. The predicted octanol–water partition coefficient (Wildman–Crippen LogP) is 2.44. The van der Waals surface area contributed by atoms with Crippen molar-refractivity contribution in [1.29, 1.82) is 0 Å². The van der Waals surface area contributed by atoms with Crippen LogP contribution in [0.15, 0.2) is 48.5 Å². The van der Waals surface area contributed by atoms with E-state index in [0.717, 1.165) is 0 Å². The van der Waals surface area contributed by atoms with E-state index in [1.54, 1.807) is 0 Å². The molecule has 2 rings (SSSR count). The van der Waals surface area contributed by atoms with Crippen molar-refractivity contribution in [3.63, 3.8) is 0 Å². The normalized spacial score (nSPS) is 11.1. The Balaban J connectivity index is 2.09. The third-order valence-electron chi connectivity index (χ3n) is 2.75. The van der Waals surface area contributed by atoms with E-state index in [1.165, 1.54) is 26.3 Å². The van der Waals surface area contributed by atoms with E-state index in [0.29, 0.717) is 0 Å². The van der Waals surface area contributed by atoms with Gasteiger partial charge in [-0.1, -0.05) is 0 Å². The van der Waals surface area contributed by atoms with Gasteiger partial charge in [-0.25, -0.2) is 0 Å². The van der Waals surface area contributed by atoms with Gasteiger partial charge in [0.15, 0.2) is 0 Å². The Morgan fingerprint density at radius 2 is 1.69 bits per heavy atom. The van der Waals surface area contributed by atoms with Gasteiger partial charge in [-0.15, -0.1) is 0 Å². The molecule has 0 aliphatic heterocycles. The fourth-order valence-corrected chi connectivity index (χ4v) is 4.42. The van der Waals surface area contributed by atoms with Crippen LogP contribution in [-0.2, 0) is 5.21 Å². The fourth-order valence-electron chi connectivity index (χ4n) is 1.69. The van der Waals surface area contributed by atoms with E-state index in [4.69, 9.17) is 0 Å². The molecule has 0 nitrogen and oxygen atoms in total. The number of hydrogen-bond acceptors (Lipinski definition) is 0. The average Bonchev–Trinajstić information content (AvgIpc) is 2.30. The molecule has 0 saturated carbocycles. The summed E-state index contributed by atoms with van der Waals surface area (Å²) >= 11 is -0.0929. The molecular formula is C15H16As. The van der Waals surface area contributed by atoms with Crippen LogP contribution in [0, 0.1) is 13.8 Å². The SMILES string of the molecule is [CH2]c1ccccc1[AsH]Cc1ccccc1C. The maximum atomic E-state index is 4.09. The molecule has 0 N–H and O–H groups in total. The van der Waals surface area contributed by atoms with Gasteiger partial charge in [0.1, 0.15) is 0 Å². The average molecular weight is 271 g/mol. The molecule has 0 fully saturated rings. The van der Waals surface area contributed by atoms with Gasteiger partial charge >= 0.3 is 104 Å². The van der Waals surface area contributed by atoms with E-state index in [9.17, 15) is 0 Å². The van der Waals surface area contributed by atoms with Gasteiger partial charge in [0, 0.05) is 0 Å². The first kappa shape index (κ1) is 11.5. The third-order valence-corrected chi connectivity index (χ3v) is 5.74. The Hall–Kier alpha value is -1.00. The van der Waals surface area contributed by atoms with Crippen molar-refractivity contribution in [2.45, 2.75) is 12.1 Å². The topological polar surface area (TPSA) is 0 Å². The molecule has 1 atom stereocenters. The van der Waals surface area contributed by atoms with Gasteiger partial charge in [-0.2, -0.15) is 0 Å². The molecule has 0 heterocycles. The van der Waals surface area contributed by atoms with Crippen LogP contribution in [0.1, 0.15) is 16.7 Å². The molecule has 0 aliphatic rings. The van der Waals surface area contributed by atoms with Crippen molar-refractivity contribution >= 4 is 20.1 Å². The van der Waals surface area contributed by atoms with E-state index in [2.05, 4.69) is 62.4 Å². The number of benzene rings is 2. The van der Waals surface area contributed by atoms with Gasteiger partial charge in [0.25, 0.3) is 0 Å². The molecule has 0 aliphatic carbocycles. The molecule has 0 saturated heterocycles. The van der Waals surface area contributed by atoms with Crippen molar-refractivity contribution in [1.82, 2.24) is 0 Å². The zero-order valence-corrected chi connectivity index (χ0v) is 11.6. The van der Waals surface area contributed by atoms with E-state index in [-0.39, 0.29) is 15.8 Å². The standard InChI is InChI=1S/C15H16As/c1-12-7-3-5-9-14(12)11-16-15-10-6-4-8-13(15)2/h3-10,16H,2,11H2,1H3. The van der Waals surface area contributed by atoms with Gasteiger partial charge in [0.05, 0.1) is 0 Å². The molecule has 16 heavy (non-hydrogen) atoms. The Labute approximate surface area is 104 Å². The monoisotopic (exact) mass is 271 g/mol. The molecular weight excluding hydrogens is 255 g/mol. The predicted molar refractivity (Wildman–Crippen MR) is 72.6 cm³/mol. The first-order chi connectivity index (χ1) is 7.77. The minimum atomic E-state index is -0.0929. The summed E-state index contributed by atoms with van der Waals surface area (Å²) in [4.78, 5) is 0. The van der Waals surface area contributed by atoms with E-state index in [1.807, 2.05) is 0 Å². The van der Waals surface area contributed by atoms with Crippen LogP contribution in [0.2, 0.25) is 0 Å². The van der Waals surface area contributed by atoms with Gasteiger partial charge in [-0.05, 0) is 0 Å². The molecule has 2 aromatic rings. The summed E-state index contributed by atoms with van der Waals surface area (Å²) in [5.74, 6) is 0. The molecule has 0 bridgehead atoms. The Bertz CT molecular complexity index is 429. The summed E-state index contributed by atoms with van der Waals surface area (Å²) in [5, 5.41) is 1.22. The maximum absolute atomic E-state index is 4.09. The van der Waals surface area contributed by atoms with Gasteiger partial charge in [-0.3, -0.25) is 0 Å². The summed E-state index contributed by atoms with van der Waals surface area (Å²) in [7, 11) is 0. The quantitative estimate of drug-likeness (QED) is 0.752. The minimum absolute atomic E-state index is 0.0929. The van der Waals surface area contributed by atoms with Crippen molar-refractivity contribution < 1.29 is 0 Å². The molecule has 0 spiro atoms. The van der Waals surface area contributed by atoms with Gasteiger partial charge in [0.2, 0.25) is 0 Å². The van der Waals surface area contributed by atoms with Gasteiger partial charge < -0.3 is 0 Å². The first-order valence-corrected chi connectivity index (χ1v) is 8.00. The second-order valence-electron chi connectivity index (χ2n) is 3.94. The van der Waals surface area contributed by atoms with Crippen LogP contribution >= 0.6 is 0 Å². The molecule has 1 heteroatoms. The summed E-state index contributed by atoms with van der Waals surface area (Å²) in [5.41, 5.74) is 4.11. The molecule has 81 valence electrons.